The Kier molecular flexibility index (Phi) is 6.64. The first-order valence-electron chi connectivity index (χ1n) is 8.51. The SMILES string of the molecule is C=N/C=C(\C=C(/C)C(C)(C)C)N1CCN(C(=O)OC(C)(C)C)CC1. The van der Waals surface area contributed by atoms with E-state index in [1.165, 1.54) is 5.57 Å². The molecule has 0 radical (unpaired) electrons. The van der Waals surface area contributed by atoms with Gasteiger partial charge in [-0.1, -0.05) is 26.3 Å². The Morgan fingerprint density at radius 2 is 1.54 bits per heavy atom. The van der Waals surface area contributed by atoms with Crippen LogP contribution < -0.4 is 0 Å². The maximum absolute atomic E-state index is 12.2. The van der Waals surface area contributed by atoms with E-state index >= 15 is 0 Å². The maximum atomic E-state index is 12.2. The molecule has 0 bridgehead atoms. The lowest BCUT2D eigenvalue weighted by molar-refractivity contribution is 0.0171. The molecule has 0 aliphatic carbocycles. The molecule has 0 saturated carbocycles. The summed E-state index contributed by atoms with van der Waals surface area (Å²) in [6, 6.07) is 0. The molecule has 136 valence electrons. The summed E-state index contributed by atoms with van der Waals surface area (Å²) in [5.41, 5.74) is 1.98. The van der Waals surface area contributed by atoms with Gasteiger partial charge in [-0.05, 0) is 45.9 Å². The van der Waals surface area contributed by atoms with Crippen LogP contribution in [0.1, 0.15) is 48.5 Å². The van der Waals surface area contributed by atoms with Crippen LogP contribution in [0, 0.1) is 5.41 Å². The van der Waals surface area contributed by atoms with Crippen LogP contribution in [0.15, 0.2) is 28.5 Å². The van der Waals surface area contributed by atoms with Crippen molar-refractivity contribution in [3.8, 4) is 0 Å². The third-order valence-electron chi connectivity index (χ3n) is 4.07. The molecule has 1 aliphatic rings. The van der Waals surface area contributed by atoms with Crippen molar-refractivity contribution in [3.05, 3.63) is 23.5 Å². The minimum absolute atomic E-state index is 0.110. The fourth-order valence-corrected chi connectivity index (χ4v) is 2.22. The Morgan fingerprint density at radius 1 is 1.04 bits per heavy atom. The smallest absolute Gasteiger partial charge is 0.410 e. The second kappa shape index (κ2) is 7.86. The lowest BCUT2D eigenvalue weighted by Crippen LogP contribution is -2.49. The predicted octanol–water partition coefficient (Wildman–Crippen LogP) is 4.07. The van der Waals surface area contributed by atoms with Gasteiger partial charge in [-0.15, -0.1) is 0 Å². The molecule has 0 aromatic heterocycles. The molecule has 0 aromatic rings. The molecule has 0 atom stereocenters. The normalized spacial score (nSPS) is 17.8. The summed E-state index contributed by atoms with van der Waals surface area (Å²) >= 11 is 0. The minimum Gasteiger partial charge on any atom is -0.444 e. The Hall–Kier alpha value is -1.78. The van der Waals surface area contributed by atoms with E-state index in [2.05, 4.69) is 50.4 Å². The molecule has 1 rings (SSSR count). The molecule has 0 N–H and O–H groups in total. The first-order chi connectivity index (χ1) is 10.9. The summed E-state index contributed by atoms with van der Waals surface area (Å²) in [6.45, 7) is 20.8. The van der Waals surface area contributed by atoms with Crippen molar-refractivity contribution >= 4 is 12.8 Å². The third-order valence-corrected chi connectivity index (χ3v) is 4.07. The van der Waals surface area contributed by atoms with Crippen LogP contribution in [0.5, 0.6) is 0 Å². The average molecular weight is 335 g/mol. The van der Waals surface area contributed by atoms with Gasteiger partial charge < -0.3 is 14.5 Å². The Bertz CT molecular complexity index is 514. The van der Waals surface area contributed by atoms with Gasteiger partial charge in [-0.3, -0.25) is 4.99 Å². The molecular weight excluding hydrogens is 302 g/mol. The number of aliphatic imine (C=N–C) groups is 1. The highest BCUT2D eigenvalue weighted by Crippen LogP contribution is 2.26. The van der Waals surface area contributed by atoms with Gasteiger partial charge in [-0.25, -0.2) is 4.79 Å². The zero-order chi connectivity index (χ0) is 18.5. The molecule has 0 unspecified atom stereocenters. The van der Waals surface area contributed by atoms with Crippen LogP contribution in [-0.2, 0) is 4.74 Å². The monoisotopic (exact) mass is 335 g/mol. The highest BCUT2D eigenvalue weighted by molar-refractivity contribution is 5.68. The number of ether oxygens (including phenoxy) is 1. The third kappa shape index (κ3) is 6.38. The fourth-order valence-electron chi connectivity index (χ4n) is 2.22. The fraction of sp³-hybridized carbons (Fsp3) is 0.684. The highest BCUT2D eigenvalue weighted by atomic mass is 16.6. The van der Waals surface area contributed by atoms with Crippen molar-refractivity contribution in [3.63, 3.8) is 0 Å². The molecule has 5 heteroatoms. The second-order valence-electron chi connectivity index (χ2n) is 8.27. The topological polar surface area (TPSA) is 45.1 Å². The van der Waals surface area contributed by atoms with Crippen molar-refractivity contribution in [1.29, 1.82) is 0 Å². The molecule has 1 fully saturated rings. The Balaban J connectivity index is 2.75. The highest BCUT2D eigenvalue weighted by Gasteiger charge is 2.26. The van der Waals surface area contributed by atoms with Crippen molar-refractivity contribution in [2.75, 3.05) is 26.2 Å². The summed E-state index contributed by atoms with van der Waals surface area (Å²) in [5, 5.41) is 0. The zero-order valence-electron chi connectivity index (χ0n) is 16.3. The molecular formula is C19H33N3O2. The zero-order valence-corrected chi connectivity index (χ0v) is 16.3. The lowest BCUT2D eigenvalue weighted by Gasteiger charge is -2.37. The molecule has 0 aromatic carbocycles. The lowest BCUT2D eigenvalue weighted by atomic mass is 9.87. The van der Waals surface area contributed by atoms with Gasteiger partial charge in [0.1, 0.15) is 5.60 Å². The molecule has 1 heterocycles. The van der Waals surface area contributed by atoms with Gasteiger partial charge in [0.2, 0.25) is 0 Å². The number of allylic oxidation sites excluding steroid dienone is 2. The van der Waals surface area contributed by atoms with E-state index in [4.69, 9.17) is 4.74 Å². The molecule has 1 amide bonds. The quantitative estimate of drug-likeness (QED) is 0.577. The maximum Gasteiger partial charge on any atom is 0.410 e. The van der Waals surface area contributed by atoms with Gasteiger partial charge >= 0.3 is 6.09 Å². The van der Waals surface area contributed by atoms with Crippen LogP contribution in [0.25, 0.3) is 0 Å². The molecule has 24 heavy (non-hydrogen) atoms. The van der Waals surface area contributed by atoms with E-state index in [1.54, 1.807) is 11.1 Å². The number of amides is 1. The molecule has 5 nitrogen and oxygen atoms in total. The predicted molar refractivity (Wildman–Crippen MR) is 100 cm³/mol. The first kappa shape index (κ1) is 20.3. The minimum atomic E-state index is -0.460. The summed E-state index contributed by atoms with van der Waals surface area (Å²) < 4.78 is 5.44. The van der Waals surface area contributed by atoms with Crippen molar-refractivity contribution in [1.82, 2.24) is 9.80 Å². The van der Waals surface area contributed by atoms with Crippen LogP contribution >= 0.6 is 0 Å². The largest absolute Gasteiger partial charge is 0.444 e. The Morgan fingerprint density at radius 3 is 1.96 bits per heavy atom. The van der Waals surface area contributed by atoms with E-state index in [0.717, 1.165) is 18.8 Å². The van der Waals surface area contributed by atoms with E-state index < -0.39 is 5.60 Å². The molecule has 0 spiro atoms. The Labute approximate surface area is 147 Å². The summed E-state index contributed by atoms with van der Waals surface area (Å²) in [5.74, 6) is 0. The summed E-state index contributed by atoms with van der Waals surface area (Å²) in [4.78, 5) is 20.1. The first-order valence-corrected chi connectivity index (χ1v) is 8.51. The second-order valence-corrected chi connectivity index (χ2v) is 8.27. The average Bonchev–Trinajstić information content (AvgIpc) is 2.44. The van der Waals surface area contributed by atoms with E-state index in [1.807, 2.05) is 20.8 Å². The van der Waals surface area contributed by atoms with Crippen LogP contribution in [0.4, 0.5) is 4.79 Å². The van der Waals surface area contributed by atoms with E-state index in [0.29, 0.717) is 13.1 Å². The van der Waals surface area contributed by atoms with Gasteiger partial charge in [0.05, 0.1) is 5.70 Å². The van der Waals surface area contributed by atoms with Gasteiger partial charge in [0.15, 0.2) is 0 Å². The summed E-state index contributed by atoms with van der Waals surface area (Å²) in [7, 11) is 0. The number of carbonyl (C=O) groups is 1. The van der Waals surface area contributed by atoms with Gasteiger partial charge in [0, 0.05) is 32.4 Å². The number of carbonyl (C=O) groups excluding carboxylic acids is 1. The standard InChI is InChI=1S/C19H33N3O2/c1-15(18(2,3)4)13-16(14-20-8)21-9-11-22(12-10-21)17(23)24-19(5,6)7/h13-14H,8-12H2,1-7H3/b15-13+,16-14+. The van der Waals surface area contributed by atoms with Crippen LogP contribution in [0.2, 0.25) is 0 Å². The number of piperazine rings is 1. The number of hydrogen-bond donors (Lipinski definition) is 0. The van der Waals surface area contributed by atoms with Crippen molar-refractivity contribution in [2.24, 2.45) is 10.4 Å². The van der Waals surface area contributed by atoms with E-state index in [-0.39, 0.29) is 11.5 Å². The molecule has 1 saturated heterocycles. The van der Waals surface area contributed by atoms with Crippen LogP contribution in [0.3, 0.4) is 0 Å². The van der Waals surface area contributed by atoms with E-state index in [9.17, 15) is 4.79 Å². The number of rotatable bonds is 3. The van der Waals surface area contributed by atoms with Crippen molar-refractivity contribution < 1.29 is 9.53 Å². The van der Waals surface area contributed by atoms with Gasteiger partial charge in [-0.2, -0.15) is 0 Å². The van der Waals surface area contributed by atoms with Crippen molar-refractivity contribution in [2.45, 2.75) is 54.1 Å². The molecule has 1 aliphatic heterocycles. The summed E-state index contributed by atoms with van der Waals surface area (Å²) in [6.07, 6.45) is 3.71. The van der Waals surface area contributed by atoms with Gasteiger partial charge in [0.25, 0.3) is 0 Å². The number of hydrogen-bond acceptors (Lipinski definition) is 4. The van der Waals surface area contributed by atoms with Crippen LogP contribution in [-0.4, -0.2) is 54.4 Å². The number of nitrogens with zero attached hydrogens (tertiary/aromatic N) is 3.